The second-order valence-corrected chi connectivity index (χ2v) is 7.77. The summed E-state index contributed by atoms with van der Waals surface area (Å²) in [6.07, 6.45) is 1.24. The highest BCUT2D eigenvalue weighted by atomic mass is 35.5. The summed E-state index contributed by atoms with van der Waals surface area (Å²) in [7, 11) is 0. The molecule has 0 N–H and O–H groups in total. The minimum Gasteiger partial charge on any atom is -0.492 e. The van der Waals surface area contributed by atoms with E-state index in [4.69, 9.17) is 4.74 Å². The second-order valence-electron chi connectivity index (χ2n) is 7.77. The van der Waals surface area contributed by atoms with E-state index in [1.807, 2.05) is 6.92 Å². The lowest BCUT2D eigenvalue weighted by molar-refractivity contribution is -0.384. The summed E-state index contributed by atoms with van der Waals surface area (Å²) >= 11 is 0. The molecule has 0 radical (unpaired) electrons. The lowest BCUT2D eigenvalue weighted by Crippen LogP contribution is -2.47. The number of nitro groups is 1. The van der Waals surface area contributed by atoms with Gasteiger partial charge in [-0.3, -0.25) is 19.8 Å². The van der Waals surface area contributed by atoms with Crippen LogP contribution < -0.4 is 4.74 Å². The molecule has 0 unspecified atom stereocenters. The molecule has 2 aromatic rings. The van der Waals surface area contributed by atoms with Crippen molar-refractivity contribution in [1.29, 1.82) is 0 Å². The van der Waals surface area contributed by atoms with Crippen LogP contribution in [0, 0.1) is 22.9 Å². The summed E-state index contributed by atoms with van der Waals surface area (Å²) in [5.74, 6) is 0.269. The smallest absolute Gasteiger partial charge is 0.273 e. The van der Waals surface area contributed by atoms with Crippen LogP contribution in [0.3, 0.4) is 0 Å². The first kappa shape index (κ1) is 28.8. The Labute approximate surface area is 205 Å². The average Bonchev–Trinajstić information content (AvgIpc) is 2.76. The fourth-order valence-corrected chi connectivity index (χ4v) is 3.62. The summed E-state index contributed by atoms with van der Waals surface area (Å²) in [6.45, 7) is 7.68. The Morgan fingerprint density at radius 1 is 1.03 bits per heavy atom. The van der Waals surface area contributed by atoms with Crippen molar-refractivity contribution >= 4 is 36.3 Å². The van der Waals surface area contributed by atoms with Crippen molar-refractivity contribution < 1.29 is 18.8 Å². The molecule has 1 saturated heterocycles. The number of halogens is 3. The summed E-state index contributed by atoms with van der Waals surface area (Å²) in [4.78, 5) is 27.3. The van der Waals surface area contributed by atoms with E-state index >= 15 is 0 Å². The first-order valence-electron chi connectivity index (χ1n) is 10.5. The third-order valence-corrected chi connectivity index (χ3v) is 5.56. The molecule has 0 amide bonds. The van der Waals surface area contributed by atoms with Gasteiger partial charge in [0.2, 0.25) is 0 Å². The fraction of sp³-hybridized carbons (Fsp3) is 0.435. The Morgan fingerprint density at radius 2 is 1.64 bits per heavy atom. The first-order valence-corrected chi connectivity index (χ1v) is 10.5. The predicted molar refractivity (Wildman–Crippen MR) is 131 cm³/mol. The van der Waals surface area contributed by atoms with Gasteiger partial charge < -0.3 is 9.64 Å². The Hall–Kier alpha value is -2.26. The molecule has 33 heavy (non-hydrogen) atoms. The van der Waals surface area contributed by atoms with E-state index < -0.39 is 4.92 Å². The Balaban J connectivity index is 0.00000272. The van der Waals surface area contributed by atoms with Crippen molar-refractivity contribution in [3.05, 3.63) is 69.5 Å². The van der Waals surface area contributed by atoms with Gasteiger partial charge in [0, 0.05) is 50.8 Å². The van der Waals surface area contributed by atoms with Crippen molar-refractivity contribution in [2.45, 2.75) is 19.8 Å². The number of carbonyl (C=O) groups excluding carboxylic acids is 1. The maximum atomic E-state index is 12.9. The zero-order valence-corrected chi connectivity index (χ0v) is 20.2. The zero-order valence-electron chi connectivity index (χ0n) is 18.6. The van der Waals surface area contributed by atoms with Gasteiger partial charge in [-0.15, -0.1) is 24.8 Å². The van der Waals surface area contributed by atoms with Gasteiger partial charge in [0.25, 0.3) is 5.69 Å². The van der Waals surface area contributed by atoms with Gasteiger partial charge in [0.05, 0.1) is 11.0 Å². The van der Waals surface area contributed by atoms with Crippen LogP contribution in [0.1, 0.15) is 28.8 Å². The molecule has 0 atom stereocenters. The van der Waals surface area contributed by atoms with Gasteiger partial charge >= 0.3 is 0 Å². The highest BCUT2D eigenvalue weighted by molar-refractivity contribution is 5.95. The summed E-state index contributed by atoms with van der Waals surface area (Å²) in [5.41, 5.74) is 1.47. The van der Waals surface area contributed by atoms with Gasteiger partial charge in [-0.05, 0) is 55.8 Å². The van der Waals surface area contributed by atoms with Crippen molar-refractivity contribution in [1.82, 2.24) is 9.80 Å². The van der Waals surface area contributed by atoms with E-state index in [0.29, 0.717) is 24.3 Å². The molecular formula is C23H30Cl2FN3O4. The number of rotatable bonds is 10. The molecule has 0 bridgehead atoms. The number of ketones is 1. The number of ether oxygens (including phenoxy) is 1. The lowest BCUT2D eigenvalue weighted by atomic mass is 10.1. The van der Waals surface area contributed by atoms with Gasteiger partial charge in [0.15, 0.2) is 5.78 Å². The highest BCUT2D eigenvalue weighted by Crippen LogP contribution is 2.24. The van der Waals surface area contributed by atoms with Crippen molar-refractivity contribution in [3.63, 3.8) is 0 Å². The third kappa shape index (κ3) is 8.89. The largest absolute Gasteiger partial charge is 0.492 e. The number of nitrogens with zero attached hydrogens (tertiary/aromatic N) is 3. The number of benzene rings is 2. The first-order chi connectivity index (χ1) is 14.9. The molecule has 182 valence electrons. The van der Waals surface area contributed by atoms with E-state index in [2.05, 4.69) is 9.80 Å². The van der Waals surface area contributed by atoms with Gasteiger partial charge in [0.1, 0.15) is 18.2 Å². The molecule has 0 saturated carbocycles. The topological polar surface area (TPSA) is 75.9 Å². The quantitative estimate of drug-likeness (QED) is 0.270. The number of carbonyl (C=O) groups is 1. The normalized spacial score (nSPS) is 14.1. The maximum Gasteiger partial charge on any atom is 0.273 e. The average molecular weight is 502 g/mol. The number of aryl methyl sites for hydroxylation is 1. The summed E-state index contributed by atoms with van der Waals surface area (Å²) in [5, 5.41) is 10.9. The van der Waals surface area contributed by atoms with E-state index in [9.17, 15) is 19.3 Å². The maximum absolute atomic E-state index is 12.9. The van der Waals surface area contributed by atoms with Crippen molar-refractivity contribution in [3.8, 4) is 5.75 Å². The van der Waals surface area contributed by atoms with Crippen LogP contribution in [0.5, 0.6) is 5.75 Å². The highest BCUT2D eigenvalue weighted by Gasteiger charge is 2.17. The SMILES string of the molecule is Cc1ccc([N+](=O)[O-])cc1OCCN1CCN(CCCC(=O)c2ccc(F)cc2)CC1.Cl.Cl. The molecule has 2 aromatic carbocycles. The molecule has 10 heteroatoms. The predicted octanol–water partition coefficient (Wildman–Crippen LogP) is 4.55. The molecule has 0 aliphatic carbocycles. The molecule has 3 rings (SSSR count). The molecule has 1 fully saturated rings. The van der Waals surface area contributed by atoms with Crippen LogP contribution >= 0.6 is 24.8 Å². The molecule has 0 spiro atoms. The Kier molecular flexibility index (Phi) is 12.3. The fourth-order valence-electron chi connectivity index (χ4n) is 3.62. The van der Waals surface area contributed by atoms with E-state index in [1.165, 1.54) is 36.4 Å². The molecule has 1 aliphatic heterocycles. The van der Waals surface area contributed by atoms with Crippen LogP contribution in [0.25, 0.3) is 0 Å². The van der Waals surface area contributed by atoms with E-state index in [1.54, 1.807) is 6.07 Å². The number of nitro benzene ring substituents is 1. The minimum atomic E-state index is -0.418. The zero-order chi connectivity index (χ0) is 22.2. The van der Waals surface area contributed by atoms with Gasteiger partial charge in [-0.25, -0.2) is 4.39 Å². The molecule has 7 nitrogen and oxygen atoms in total. The number of hydrogen-bond acceptors (Lipinski definition) is 6. The molecule has 1 heterocycles. The Bertz CT molecular complexity index is 907. The molecule has 0 aromatic heterocycles. The number of hydrogen-bond donors (Lipinski definition) is 0. The molecule has 1 aliphatic rings. The monoisotopic (exact) mass is 501 g/mol. The van der Waals surface area contributed by atoms with Gasteiger partial charge in [-0.1, -0.05) is 0 Å². The summed E-state index contributed by atoms with van der Waals surface area (Å²) < 4.78 is 18.7. The van der Waals surface area contributed by atoms with E-state index in [-0.39, 0.29) is 42.1 Å². The van der Waals surface area contributed by atoms with E-state index in [0.717, 1.165) is 51.3 Å². The lowest BCUT2D eigenvalue weighted by Gasteiger charge is -2.34. The summed E-state index contributed by atoms with van der Waals surface area (Å²) in [6, 6.07) is 10.4. The van der Waals surface area contributed by atoms with Crippen LogP contribution in [-0.2, 0) is 0 Å². The van der Waals surface area contributed by atoms with Crippen LogP contribution in [0.4, 0.5) is 10.1 Å². The molecular weight excluding hydrogens is 472 g/mol. The van der Waals surface area contributed by atoms with Gasteiger partial charge in [-0.2, -0.15) is 0 Å². The number of piperazine rings is 1. The van der Waals surface area contributed by atoms with Crippen molar-refractivity contribution in [2.75, 3.05) is 45.9 Å². The van der Waals surface area contributed by atoms with Crippen LogP contribution in [0.15, 0.2) is 42.5 Å². The number of Topliss-reactive ketones (excluding diaryl/α,β-unsaturated/α-hetero) is 1. The second kappa shape index (κ2) is 14.1. The Morgan fingerprint density at radius 3 is 2.24 bits per heavy atom. The minimum absolute atomic E-state index is 0. The van der Waals surface area contributed by atoms with Crippen molar-refractivity contribution in [2.24, 2.45) is 0 Å². The number of non-ortho nitro benzene ring substituents is 1. The van der Waals surface area contributed by atoms with Crippen LogP contribution in [-0.4, -0.2) is 66.4 Å². The third-order valence-electron chi connectivity index (χ3n) is 5.56. The standard InChI is InChI=1S/C23H28FN3O4.2ClH/c1-18-4-9-21(27(29)30)17-23(18)31-16-15-26-13-11-25(12-14-26)10-2-3-22(28)19-5-7-20(24)8-6-19;;/h4-9,17H,2-3,10-16H2,1H3;2*1H. The van der Waals surface area contributed by atoms with Crippen LogP contribution in [0.2, 0.25) is 0 Å².